The van der Waals surface area contributed by atoms with Crippen molar-refractivity contribution in [2.75, 3.05) is 13.7 Å². The predicted molar refractivity (Wildman–Crippen MR) is 65.0 cm³/mol. The average molecular weight is 248 g/mol. The molecule has 1 aromatic carbocycles. The smallest absolute Gasteiger partial charge is 0.138 e. The summed E-state index contributed by atoms with van der Waals surface area (Å²) in [6.45, 7) is 3.83. The molecule has 4 heteroatoms. The molecule has 0 aliphatic rings. The third-order valence-corrected chi connectivity index (χ3v) is 2.71. The first-order valence-electron chi connectivity index (χ1n) is 4.91. The minimum Gasteiger partial charge on any atom is -0.495 e. The van der Waals surface area contributed by atoms with E-state index in [4.69, 9.17) is 27.9 Å². The summed E-state index contributed by atoms with van der Waals surface area (Å²) in [5.41, 5.74) is 0.996. The van der Waals surface area contributed by atoms with Gasteiger partial charge in [-0.1, -0.05) is 30.1 Å². The van der Waals surface area contributed by atoms with E-state index in [9.17, 15) is 0 Å². The molecule has 0 radical (unpaired) electrons. The summed E-state index contributed by atoms with van der Waals surface area (Å²) in [6, 6.07) is 3.58. The van der Waals surface area contributed by atoms with Crippen LogP contribution in [0.5, 0.6) is 5.75 Å². The van der Waals surface area contributed by atoms with Gasteiger partial charge in [-0.15, -0.1) is 0 Å². The van der Waals surface area contributed by atoms with Gasteiger partial charge in [0.2, 0.25) is 0 Å². The molecule has 0 saturated carbocycles. The van der Waals surface area contributed by atoms with E-state index in [1.807, 2.05) is 6.07 Å². The molecule has 0 aliphatic carbocycles. The monoisotopic (exact) mass is 247 g/mol. The SMILES string of the molecule is CCCNCc1cc(Cl)c(OC)cc1Cl. The fraction of sp³-hybridized carbons (Fsp3) is 0.455. The molecule has 1 rings (SSSR count). The van der Waals surface area contributed by atoms with Crippen LogP contribution in [0.25, 0.3) is 0 Å². The van der Waals surface area contributed by atoms with Gasteiger partial charge in [-0.25, -0.2) is 0 Å². The molecule has 15 heavy (non-hydrogen) atoms. The topological polar surface area (TPSA) is 21.3 Å². The van der Waals surface area contributed by atoms with Crippen LogP contribution in [0, 0.1) is 0 Å². The van der Waals surface area contributed by atoms with E-state index in [1.165, 1.54) is 0 Å². The molecule has 0 saturated heterocycles. The number of halogens is 2. The Bertz CT molecular complexity index is 329. The second kappa shape index (κ2) is 6.21. The Labute approximate surface area is 101 Å². The van der Waals surface area contributed by atoms with E-state index in [0.29, 0.717) is 15.8 Å². The first kappa shape index (κ1) is 12.6. The van der Waals surface area contributed by atoms with Crippen molar-refractivity contribution in [2.24, 2.45) is 0 Å². The Morgan fingerprint density at radius 3 is 2.60 bits per heavy atom. The zero-order chi connectivity index (χ0) is 11.3. The summed E-state index contributed by atoms with van der Waals surface area (Å²) in [4.78, 5) is 0. The Morgan fingerprint density at radius 1 is 1.27 bits per heavy atom. The first-order chi connectivity index (χ1) is 7.19. The van der Waals surface area contributed by atoms with Crippen molar-refractivity contribution in [3.8, 4) is 5.75 Å². The summed E-state index contributed by atoms with van der Waals surface area (Å²) in [5.74, 6) is 0.612. The van der Waals surface area contributed by atoms with Crippen LogP contribution in [-0.2, 0) is 6.54 Å². The Kier molecular flexibility index (Phi) is 5.23. The molecule has 1 N–H and O–H groups in total. The number of ether oxygens (including phenoxy) is 1. The van der Waals surface area contributed by atoms with Crippen LogP contribution in [-0.4, -0.2) is 13.7 Å². The molecule has 0 aromatic heterocycles. The molecular formula is C11H15Cl2NO. The van der Waals surface area contributed by atoms with E-state index in [1.54, 1.807) is 13.2 Å². The highest BCUT2D eigenvalue weighted by molar-refractivity contribution is 6.34. The van der Waals surface area contributed by atoms with Gasteiger partial charge in [-0.05, 0) is 24.6 Å². The van der Waals surface area contributed by atoms with Crippen LogP contribution in [0.4, 0.5) is 0 Å². The number of rotatable bonds is 5. The van der Waals surface area contributed by atoms with Gasteiger partial charge < -0.3 is 10.1 Å². The summed E-state index contributed by atoms with van der Waals surface area (Å²) < 4.78 is 5.07. The van der Waals surface area contributed by atoms with E-state index >= 15 is 0 Å². The third kappa shape index (κ3) is 3.56. The molecule has 2 nitrogen and oxygen atoms in total. The second-order valence-corrected chi connectivity index (χ2v) is 4.07. The number of methoxy groups -OCH3 is 1. The summed E-state index contributed by atoms with van der Waals surface area (Å²) >= 11 is 12.1. The lowest BCUT2D eigenvalue weighted by Crippen LogP contribution is -2.14. The summed E-state index contributed by atoms with van der Waals surface area (Å²) in [7, 11) is 1.58. The zero-order valence-electron chi connectivity index (χ0n) is 8.94. The van der Waals surface area contributed by atoms with Gasteiger partial charge >= 0.3 is 0 Å². The van der Waals surface area contributed by atoms with E-state index in [-0.39, 0.29) is 0 Å². The molecule has 0 unspecified atom stereocenters. The van der Waals surface area contributed by atoms with E-state index in [0.717, 1.165) is 25.1 Å². The van der Waals surface area contributed by atoms with Gasteiger partial charge in [0.1, 0.15) is 5.75 Å². The van der Waals surface area contributed by atoms with Gasteiger partial charge in [0, 0.05) is 17.6 Å². The number of hydrogen-bond acceptors (Lipinski definition) is 2. The van der Waals surface area contributed by atoms with Crippen molar-refractivity contribution >= 4 is 23.2 Å². The Morgan fingerprint density at radius 2 is 2.00 bits per heavy atom. The van der Waals surface area contributed by atoms with Gasteiger partial charge in [-0.2, -0.15) is 0 Å². The maximum atomic E-state index is 6.08. The second-order valence-electron chi connectivity index (χ2n) is 3.25. The maximum Gasteiger partial charge on any atom is 0.138 e. The molecule has 0 aliphatic heterocycles. The van der Waals surface area contributed by atoms with Crippen molar-refractivity contribution in [3.05, 3.63) is 27.7 Å². The van der Waals surface area contributed by atoms with Crippen LogP contribution in [0.15, 0.2) is 12.1 Å². The fourth-order valence-corrected chi connectivity index (χ4v) is 1.75. The third-order valence-electron chi connectivity index (χ3n) is 2.06. The van der Waals surface area contributed by atoms with Crippen LogP contribution in [0.1, 0.15) is 18.9 Å². The highest BCUT2D eigenvalue weighted by Gasteiger charge is 2.06. The number of hydrogen-bond donors (Lipinski definition) is 1. The zero-order valence-corrected chi connectivity index (χ0v) is 10.5. The molecule has 0 spiro atoms. The van der Waals surface area contributed by atoms with Crippen molar-refractivity contribution < 1.29 is 4.74 Å². The lowest BCUT2D eigenvalue weighted by Gasteiger charge is -2.09. The molecule has 0 atom stereocenters. The van der Waals surface area contributed by atoms with Crippen LogP contribution >= 0.6 is 23.2 Å². The Hall–Kier alpha value is -0.440. The van der Waals surface area contributed by atoms with Crippen molar-refractivity contribution in [1.82, 2.24) is 5.32 Å². The number of benzene rings is 1. The minimum absolute atomic E-state index is 0.593. The molecule has 0 heterocycles. The average Bonchev–Trinajstić information content (AvgIpc) is 2.23. The Balaban J connectivity index is 2.76. The fourth-order valence-electron chi connectivity index (χ4n) is 1.26. The molecule has 0 bridgehead atoms. The highest BCUT2D eigenvalue weighted by atomic mass is 35.5. The van der Waals surface area contributed by atoms with E-state index in [2.05, 4.69) is 12.2 Å². The molecule has 84 valence electrons. The van der Waals surface area contributed by atoms with Crippen molar-refractivity contribution in [3.63, 3.8) is 0 Å². The maximum absolute atomic E-state index is 6.08. The van der Waals surface area contributed by atoms with Gasteiger partial charge in [0.25, 0.3) is 0 Å². The standard InChI is InChI=1S/C11H15Cl2NO/c1-3-4-14-7-8-5-10(13)11(15-2)6-9(8)12/h5-6,14H,3-4,7H2,1-2H3. The first-order valence-corrected chi connectivity index (χ1v) is 5.67. The molecule has 0 amide bonds. The lowest BCUT2D eigenvalue weighted by molar-refractivity contribution is 0.415. The van der Waals surface area contributed by atoms with Crippen molar-refractivity contribution in [1.29, 1.82) is 0 Å². The van der Waals surface area contributed by atoms with Crippen LogP contribution < -0.4 is 10.1 Å². The van der Waals surface area contributed by atoms with Crippen LogP contribution in [0.3, 0.4) is 0 Å². The lowest BCUT2D eigenvalue weighted by atomic mass is 10.2. The van der Waals surface area contributed by atoms with Gasteiger partial charge in [-0.3, -0.25) is 0 Å². The highest BCUT2D eigenvalue weighted by Crippen LogP contribution is 2.30. The number of nitrogens with one attached hydrogen (secondary N) is 1. The molecule has 0 fully saturated rings. The summed E-state index contributed by atoms with van der Waals surface area (Å²) in [5, 5.41) is 4.55. The van der Waals surface area contributed by atoms with Crippen LogP contribution in [0.2, 0.25) is 10.0 Å². The van der Waals surface area contributed by atoms with Gasteiger partial charge in [0.05, 0.1) is 12.1 Å². The van der Waals surface area contributed by atoms with Gasteiger partial charge in [0.15, 0.2) is 0 Å². The largest absolute Gasteiger partial charge is 0.495 e. The van der Waals surface area contributed by atoms with Crippen molar-refractivity contribution in [2.45, 2.75) is 19.9 Å². The molecular weight excluding hydrogens is 233 g/mol. The predicted octanol–water partition coefficient (Wildman–Crippen LogP) is 3.50. The molecule has 1 aromatic rings. The summed E-state index contributed by atoms with van der Waals surface area (Å²) in [6.07, 6.45) is 1.10. The normalized spacial score (nSPS) is 10.4. The quantitative estimate of drug-likeness (QED) is 0.805. The van der Waals surface area contributed by atoms with E-state index < -0.39 is 0 Å². The minimum atomic E-state index is 0.593.